The summed E-state index contributed by atoms with van der Waals surface area (Å²) in [6.07, 6.45) is 0.535. The standard InChI is InChI=1S/C25H22N4O8/c1-16-4-2-5-21(10-16)36-9-3-8-27-22-13-18(6-7-23(22)37-15-24(27)30)26-25(31)17-11-19(28(32)33)14-20(12-17)29(34)35/h2,4-7,10-14H,3,8-9,15H2,1H3,(H,26,31). The fraction of sp³-hybridized carbons (Fsp3) is 0.200. The second-order valence-electron chi connectivity index (χ2n) is 8.24. The fourth-order valence-corrected chi connectivity index (χ4v) is 3.78. The van der Waals surface area contributed by atoms with Crippen molar-refractivity contribution in [3.05, 3.63) is 92.0 Å². The summed E-state index contributed by atoms with van der Waals surface area (Å²) in [5, 5.41) is 24.8. The highest BCUT2D eigenvalue weighted by Gasteiger charge is 2.26. The minimum Gasteiger partial charge on any atom is -0.494 e. The van der Waals surface area contributed by atoms with E-state index in [0.717, 1.165) is 29.5 Å². The van der Waals surface area contributed by atoms with Crippen LogP contribution in [-0.2, 0) is 4.79 Å². The number of amides is 2. The van der Waals surface area contributed by atoms with Crippen molar-refractivity contribution in [2.75, 3.05) is 30.0 Å². The van der Waals surface area contributed by atoms with E-state index in [1.807, 2.05) is 31.2 Å². The lowest BCUT2D eigenvalue weighted by Crippen LogP contribution is -2.39. The van der Waals surface area contributed by atoms with Crippen molar-refractivity contribution < 1.29 is 28.9 Å². The van der Waals surface area contributed by atoms with Crippen LogP contribution in [0.4, 0.5) is 22.7 Å². The molecule has 4 rings (SSSR count). The second kappa shape index (κ2) is 10.7. The molecule has 2 amide bonds. The molecular formula is C25H22N4O8. The highest BCUT2D eigenvalue weighted by molar-refractivity contribution is 6.06. The average molecular weight is 506 g/mol. The van der Waals surface area contributed by atoms with Gasteiger partial charge in [0, 0.05) is 24.4 Å². The second-order valence-corrected chi connectivity index (χ2v) is 8.24. The molecule has 12 heteroatoms. The highest BCUT2D eigenvalue weighted by atomic mass is 16.6. The van der Waals surface area contributed by atoms with Crippen molar-refractivity contribution in [2.24, 2.45) is 0 Å². The Balaban J connectivity index is 1.48. The molecule has 1 aliphatic rings. The summed E-state index contributed by atoms with van der Waals surface area (Å²) >= 11 is 0. The first-order valence-corrected chi connectivity index (χ1v) is 11.2. The molecule has 1 N–H and O–H groups in total. The van der Waals surface area contributed by atoms with Crippen molar-refractivity contribution >= 4 is 34.6 Å². The van der Waals surface area contributed by atoms with Gasteiger partial charge in [-0.15, -0.1) is 0 Å². The third-order valence-corrected chi connectivity index (χ3v) is 5.53. The van der Waals surface area contributed by atoms with E-state index >= 15 is 0 Å². The Morgan fingerprint density at radius 1 is 1.05 bits per heavy atom. The normalized spacial score (nSPS) is 12.4. The number of hydrogen-bond acceptors (Lipinski definition) is 8. The number of aryl methyl sites for hydroxylation is 1. The maximum Gasteiger partial charge on any atom is 0.277 e. The number of nitro benzene ring substituents is 2. The van der Waals surface area contributed by atoms with Crippen LogP contribution in [0.2, 0.25) is 0 Å². The lowest BCUT2D eigenvalue weighted by molar-refractivity contribution is -0.394. The minimum atomic E-state index is -0.813. The zero-order chi connectivity index (χ0) is 26.5. The minimum absolute atomic E-state index is 0.130. The van der Waals surface area contributed by atoms with Gasteiger partial charge in [-0.1, -0.05) is 12.1 Å². The molecule has 0 unspecified atom stereocenters. The van der Waals surface area contributed by atoms with Crippen LogP contribution in [0.5, 0.6) is 11.5 Å². The molecule has 1 aliphatic heterocycles. The van der Waals surface area contributed by atoms with Crippen LogP contribution >= 0.6 is 0 Å². The SMILES string of the molecule is Cc1cccc(OCCCN2C(=O)COc3ccc(NC(=O)c4cc([N+](=O)[O-])cc([N+](=O)[O-])c4)cc32)c1. The van der Waals surface area contributed by atoms with E-state index in [1.165, 1.54) is 17.0 Å². The van der Waals surface area contributed by atoms with Crippen LogP contribution in [0.15, 0.2) is 60.7 Å². The zero-order valence-corrected chi connectivity index (χ0v) is 19.7. The van der Waals surface area contributed by atoms with Crippen LogP contribution in [0.3, 0.4) is 0 Å². The maximum absolute atomic E-state index is 12.8. The Morgan fingerprint density at radius 2 is 1.78 bits per heavy atom. The number of anilines is 2. The van der Waals surface area contributed by atoms with E-state index in [4.69, 9.17) is 9.47 Å². The monoisotopic (exact) mass is 506 g/mol. The highest BCUT2D eigenvalue weighted by Crippen LogP contribution is 2.35. The van der Waals surface area contributed by atoms with Gasteiger partial charge in [0.15, 0.2) is 6.61 Å². The zero-order valence-electron chi connectivity index (χ0n) is 19.7. The van der Waals surface area contributed by atoms with Crippen molar-refractivity contribution in [3.63, 3.8) is 0 Å². The largest absolute Gasteiger partial charge is 0.494 e. The first-order chi connectivity index (χ1) is 17.7. The molecule has 0 aliphatic carbocycles. The van der Waals surface area contributed by atoms with Gasteiger partial charge in [-0.05, 0) is 49.2 Å². The van der Waals surface area contributed by atoms with Crippen molar-refractivity contribution in [1.82, 2.24) is 0 Å². The molecule has 0 saturated heterocycles. The number of nitrogens with one attached hydrogen (secondary N) is 1. The Kier molecular flexibility index (Phi) is 7.28. The first kappa shape index (κ1) is 25.1. The molecule has 0 atom stereocenters. The number of nitrogens with zero attached hydrogens (tertiary/aromatic N) is 3. The van der Waals surface area contributed by atoms with E-state index < -0.39 is 27.1 Å². The van der Waals surface area contributed by atoms with Crippen LogP contribution in [-0.4, -0.2) is 41.4 Å². The van der Waals surface area contributed by atoms with E-state index in [9.17, 15) is 29.8 Å². The number of nitro groups is 2. The number of benzene rings is 3. The van der Waals surface area contributed by atoms with Gasteiger partial charge in [0.2, 0.25) is 0 Å². The summed E-state index contributed by atoms with van der Waals surface area (Å²) in [5.41, 5.74) is 0.373. The summed E-state index contributed by atoms with van der Waals surface area (Å²) in [6.45, 7) is 2.56. The Hall–Kier alpha value is -5.00. The molecule has 0 bridgehead atoms. The van der Waals surface area contributed by atoms with E-state index in [1.54, 1.807) is 6.07 Å². The van der Waals surface area contributed by atoms with Gasteiger partial charge in [-0.3, -0.25) is 29.8 Å². The molecule has 190 valence electrons. The predicted octanol–water partition coefficient (Wildman–Crippen LogP) is 4.26. The molecule has 37 heavy (non-hydrogen) atoms. The van der Waals surface area contributed by atoms with Gasteiger partial charge in [0.25, 0.3) is 23.2 Å². The lowest BCUT2D eigenvalue weighted by Gasteiger charge is -2.30. The number of carbonyl (C=O) groups is 2. The topological polar surface area (TPSA) is 154 Å². The Bertz CT molecular complexity index is 1360. The number of fused-ring (bicyclic) bond motifs is 1. The van der Waals surface area contributed by atoms with Crippen molar-refractivity contribution in [2.45, 2.75) is 13.3 Å². The third kappa shape index (κ3) is 5.99. The summed E-state index contributed by atoms with van der Waals surface area (Å²) in [4.78, 5) is 47.5. The Labute approximate surface area is 210 Å². The van der Waals surface area contributed by atoms with Gasteiger partial charge in [0.05, 0.1) is 33.8 Å². The van der Waals surface area contributed by atoms with Crippen molar-refractivity contribution in [3.8, 4) is 11.5 Å². The summed E-state index contributed by atoms with van der Waals surface area (Å²) < 4.78 is 11.3. The van der Waals surface area contributed by atoms with Gasteiger partial charge in [-0.2, -0.15) is 0 Å². The molecule has 3 aromatic rings. The molecule has 0 radical (unpaired) electrons. The summed E-state index contributed by atoms with van der Waals surface area (Å²) in [7, 11) is 0. The number of non-ortho nitro benzene ring substituents is 2. The fourth-order valence-electron chi connectivity index (χ4n) is 3.78. The lowest BCUT2D eigenvalue weighted by atomic mass is 10.1. The van der Waals surface area contributed by atoms with Crippen LogP contribution in [0.25, 0.3) is 0 Å². The Morgan fingerprint density at radius 3 is 2.46 bits per heavy atom. The molecule has 0 aromatic heterocycles. The number of carbonyl (C=O) groups excluding carboxylic acids is 2. The third-order valence-electron chi connectivity index (χ3n) is 5.53. The molecule has 1 heterocycles. The molecule has 0 saturated carbocycles. The van der Waals surface area contributed by atoms with E-state index in [2.05, 4.69) is 5.32 Å². The van der Waals surface area contributed by atoms with Crippen molar-refractivity contribution in [1.29, 1.82) is 0 Å². The van der Waals surface area contributed by atoms with Gasteiger partial charge in [0.1, 0.15) is 11.5 Å². The molecule has 3 aromatic carbocycles. The van der Waals surface area contributed by atoms with E-state index in [-0.39, 0.29) is 23.8 Å². The summed E-state index contributed by atoms with van der Waals surface area (Å²) in [6, 6.07) is 15.0. The maximum atomic E-state index is 12.8. The number of rotatable bonds is 9. The van der Waals surface area contributed by atoms with Gasteiger partial charge >= 0.3 is 0 Å². The average Bonchev–Trinajstić information content (AvgIpc) is 2.87. The predicted molar refractivity (Wildman–Crippen MR) is 133 cm³/mol. The smallest absolute Gasteiger partial charge is 0.277 e. The van der Waals surface area contributed by atoms with Crippen LogP contribution in [0, 0.1) is 27.2 Å². The summed E-state index contributed by atoms with van der Waals surface area (Å²) in [5.74, 6) is 0.136. The van der Waals surface area contributed by atoms with Gasteiger partial charge in [-0.25, -0.2) is 0 Å². The molecule has 0 fully saturated rings. The molecule has 12 nitrogen and oxygen atoms in total. The van der Waals surface area contributed by atoms with Gasteiger partial charge < -0.3 is 19.7 Å². The quantitative estimate of drug-likeness (QED) is 0.256. The number of hydrogen-bond donors (Lipinski definition) is 1. The first-order valence-electron chi connectivity index (χ1n) is 11.2. The van der Waals surface area contributed by atoms with Crippen LogP contribution in [0.1, 0.15) is 22.3 Å². The molecule has 0 spiro atoms. The number of ether oxygens (including phenoxy) is 2. The molecular weight excluding hydrogens is 484 g/mol. The van der Waals surface area contributed by atoms with Crippen LogP contribution < -0.4 is 19.7 Å². The van der Waals surface area contributed by atoms with E-state index in [0.29, 0.717) is 31.0 Å².